The van der Waals surface area contributed by atoms with Crippen LogP contribution in [0.4, 0.5) is 0 Å². The molecule has 1 atom stereocenters. The molecule has 2 aromatic rings. The highest BCUT2D eigenvalue weighted by Gasteiger charge is 2.13. The van der Waals surface area contributed by atoms with E-state index in [0.29, 0.717) is 11.1 Å². The summed E-state index contributed by atoms with van der Waals surface area (Å²) in [6, 6.07) is 12.4. The van der Waals surface area contributed by atoms with E-state index in [0.717, 1.165) is 0 Å². The first-order chi connectivity index (χ1) is 8.27. The number of Topliss-reactive ketones (excluding diaryl/α,β-unsaturated/α-hetero) is 1. The Morgan fingerprint density at radius 1 is 1.12 bits per heavy atom. The van der Waals surface area contributed by atoms with E-state index in [1.54, 1.807) is 36.7 Å². The Labute approximate surface area is 99.8 Å². The normalized spacial score (nSPS) is 12.1. The van der Waals surface area contributed by atoms with Crippen LogP contribution < -0.4 is 0 Å². The molecule has 1 aromatic carbocycles. The van der Waals surface area contributed by atoms with Crippen LogP contribution in [-0.2, 0) is 0 Å². The summed E-state index contributed by atoms with van der Waals surface area (Å²) in [5.41, 5.74) is 1.34. The zero-order valence-corrected chi connectivity index (χ0v) is 9.28. The molecule has 1 heterocycles. The van der Waals surface area contributed by atoms with Crippen LogP contribution in [0.25, 0.3) is 0 Å². The first-order valence-corrected chi connectivity index (χ1v) is 5.43. The third-order valence-electron chi connectivity index (χ3n) is 2.57. The second-order valence-corrected chi connectivity index (χ2v) is 3.79. The number of pyridine rings is 1. The van der Waals surface area contributed by atoms with Gasteiger partial charge in [-0.3, -0.25) is 9.78 Å². The van der Waals surface area contributed by atoms with Crippen molar-refractivity contribution in [1.82, 2.24) is 4.98 Å². The molecular weight excluding hydrogens is 214 g/mol. The Kier molecular flexibility index (Phi) is 3.62. The summed E-state index contributed by atoms with van der Waals surface area (Å²) >= 11 is 0. The zero-order valence-electron chi connectivity index (χ0n) is 9.28. The summed E-state index contributed by atoms with van der Waals surface area (Å²) in [5, 5.41) is 9.90. The van der Waals surface area contributed by atoms with E-state index in [2.05, 4.69) is 4.98 Å². The van der Waals surface area contributed by atoms with Gasteiger partial charge < -0.3 is 5.11 Å². The third-order valence-corrected chi connectivity index (χ3v) is 2.57. The molecule has 0 aliphatic rings. The van der Waals surface area contributed by atoms with Crippen LogP contribution in [-0.4, -0.2) is 15.9 Å². The highest BCUT2D eigenvalue weighted by molar-refractivity contribution is 5.96. The fourth-order valence-electron chi connectivity index (χ4n) is 1.62. The molecule has 1 N–H and O–H groups in total. The van der Waals surface area contributed by atoms with Gasteiger partial charge in [0.15, 0.2) is 5.78 Å². The van der Waals surface area contributed by atoms with Crippen molar-refractivity contribution in [3.8, 4) is 0 Å². The van der Waals surface area contributed by atoms with E-state index < -0.39 is 6.10 Å². The molecule has 0 amide bonds. The Morgan fingerprint density at radius 2 is 1.76 bits per heavy atom. The lowest BCUT2D eigenvalue weighted by atomic mass is 10.0. The second-order valence-electron chi connectivity index (χ2n) is 3.79. The lowest BCUT2D eigenvalue weighted by Crippen LogP contribution is -2.07. The number of hydrogen-bond acceptors (Lipinski definition) is 3. The number of rotatable bonds is 4. The van der Waals surface area contributed by atoms with Crippen molar-refractivity contribution < 1.29 is 9.90 Å². The fourth-order valence-corrected chi connectivity index (χ4v) is 1.62. The maximum Gasteiger partial charge on any atom is 0.165 e. The van der Waals surface area contributed by atoms with E-state index >= 15 is 0 Å². The lowest BCUT2D eigenvalue weighted by Gasteiger charge is -2.09. The van der Waals surface area contributed by atoms with Gasteiger partial charge in [0.1, 0.15) is 0 Å². The van der Waals surface area contributed by atoms with E-state index in [-0.39, 0.29) is 12.2 Å². The molecule has 0 bridgehead atoms. The topological polar surface area (TPSA) is 50.2 Å². The van der Waals surface area contributed by atoms with Gasteiger partial charge in [0.05, 0.1) is 6.10 Å². The van der Waals surface area contributed by atoms with Crippen LogP contribution in [0.15, 0.2) is 54.9 Å². The molecule has 0 fully saturated rings. The maximum absolute atomic E-state index is 11.9. The Balaban J connectivity index is 2.05. The molecule has 1 aromatic heterocycles. The smallest absolute Gasteiger partial charge is 0.165 e. The van der Waals surface area contributed by atoms with Crippen molar-refractivity contribution in [2.24, 2.45) is 0 Å². The number of carbonyl (C=O) groups excluding carboxylic acids is 1. The Bertz CT molecular complexity index is 482. The van der Waals surface area contributed by atoms with Gasteiger partial charge >= 0.3 is 0 Å². The standard InChI is InChI=1S/C14H13NO2/c16-13(11-4-2-1-3-5-11)10-14(17)12-6-8-15-9-7-12/h1-9,14,17H,10H2/t14-/m1/s1. The quantitative estimate of drug-likeness (QED) is 0.816. The number of benzene rings is 1. The number of ketones is 1. The minimum atomic E-state index is -0.772. The number of aliphatic hydroxyl groups excluding tert-OH is 1. The van der Waals surface area contributed by atoms with Gasteiger partial charge in [-0.15, -0.1) is 0 Å². The average Bonchev–Trinajstić information content (AvgIpc) is 2.40. The number of carbonyl (C=O) groups is 1. The molecule has 0 aliphatic carbocycles. The summed E-state index contributed by atoms with van der Waals surface area (Å²) < 4.78 is 0. The molecule has 0 saturated heterocycles. The molecule has 3 nitrogen and oxygen atoms in total. The molecule has 0 saturated carbocycles. The van der Waals surface area contributed by atoms with Gasteiger partial charge in [0, 0.05) is 24.4 Å². The summed E-state index contributed by atoms with van der Waals surface area (Å²) in [6.45, 7) is 0. The maximum atomic E-state index is 11.9. The third kappa shape index (κ3) is 2.98. The molecular formula is C14H13NO2. The average molecular weight is 227 g/mol. The molecule has 17 heavy (non-hydrogen) atoms. The predicted octanol–water partition coefficient (Wildman–Crippen LogP) is 2.39. The predicted molar refractivity (Wildman–Crippen MR) is 64.6 cm³/mol. The monoisotopic (exact) mass is 227 g/mol. The van der Waals surface area contributed by atoms with Gasteiger partial charge in [-0.2, -0.15) is 0 Å². The van der Waals surface area contributed by atoms with E-state index in [1.807, 2.05) is 18.2 Å². The van der Waals surface area contributed by atoms with Crippen molar-refractivity contribution in [3.63, 3.8) is 0 Å². The van der Waals surface area contributed by atoms with E-state index in [4.69, 9.17) is 0 Å². The van der Waals surface area contributed by atoms with Crippen LogP contribution >= 0.6 is 0 Å². The first kappa shape index (κ1) is 11.5. The Hall–Kier alpha value is -2.00. The van der Waals surface area contributed by atoms with Gasteiger partial charge in [-0.05, 0) is 17.7 Å². The van der Waals surface area contributed by atoms with Gasteiger partial charge in [-0.25, -0.2) is 0 Å². The van der Waals surface area contributed by atoms with Gasteiger partial charge in [0.2, 0.25) is 0 Å². The highest BCUT2D eigenvalue weighted by Crippen LogP contribution is 2.18. The molecule has 3 heteroatoms. The molecule has 2 rings (SSSR count). The Morgan fingerprint density at radius 3 is 2.41 bits per heavy atom. The highest BCUT2D eigenvalue weighted by atomic mass is 16.3. The zero-order chi connectivity index (χ0) is 12.1. The van der Waals surface area contributed by atoms with E-state index in [9.17, 15) is 9.90 Å². The molecule has 0 spiro atoms. The molecule has 0 aliphatic heterocycles. The molecule has 0 radical (unpaired) electrons. The summed E-state index contributed by atoms with van der Waals surface area (Å²) in [5.74, 6) is -0.0603. The van der Waals surface area contributed by atoms with Crippen molar-refractivity contribution in [2.45, 2.75) is 12.5 Å². The number of nitrogens with zero attached hydrogens (tertiary/aromatic N) is 1. The summed E-state index contributed by atoms with van der Waals surface area (Å²) in [7, 11) is 0. The minimum Gasteiger partial charge on any atom is -0.388 e. The van der Waals surface area contributed by atoms with Crippen molar-refractivity contribution >= 4 is 5.78 Å². The van der Waals surface area contributed by atoms with Crippen LogP contribution in [0.3, 0.4) is 0 Å². The number of hydrogen-bond donors (Lipinski definition) is 1. The summed E-state index contributed by atoms with van der Waals surface area (Å²) in [4.78, 5) is 15.7. The second kappa shape index (κ2) is 5.37. The summed E-state index contributed by atoms with van der Waals surface area (Å²) in [6.07, 6.45) is 2.52. The van der Waals surface area contributed by atoms with Crippen molar-refractivity contribution in [1.29, 1.82) is 0 Å². The van der Waals surface area contributed by atoms with Gasteiger partial charge in [-0.1, -0.05) is 30.3 Å². The van der Waals surface area contributed by atoms with Crippen molar-refractivity contribution in [3.05, 3.63) is 66.0 Å². The van der Waals surface area contributed by atoms with Crippen molar-refractivity contribution in [2.75, 3.05) is 0 Å². The SMILES string of the molecule is O=C(C[C@@H](O)c1ccncc1)c1ccccc1. The van der Waals surface area contributed by atoms with Crippen LogP contribution in [0.2, 0.25) is 0 Å². The largest absolute Gasteiger partial charge is 0.388 e. The van der Waals surface area contributed by atoms with Crippen LogP contribution in [0.5, 0.6) is 0 Å². The first-order valence-electron chi connectivity index (χ1n) is 5.43. The molecule has 0 unspecified atom stereocenters. The van der Waals surface area contributed by atoms with E-state index in [1.165, 1.54) is 0 Å². The van der Waals surface area contributed by atoms with Crippen LogP contribution in [0.1, 0.15) is 28.4 Å². The molecule has 86 valence electrons. The fraction of sp³-hybridized carbons (Fsp3) is 0.143. The van der Waals surface area contributed by atoms with Crippen LogP contribution in [0, 0.1) is 0 Å². The van der Waals surface area contributed by atoms with Gasteiger partial charge in [0.25, 0.3) is 0 Å². The number of aliphatic hydroxyl groups is 1. The number of aromatic nitrogens is 1. The minimum absolute atomic E-state index is 0.0603. The lowest BCUT2D eigenvalue weighted by molar-refractivity contribution is 0.0880.